The number of nitrogen functional groups attached to an aromatic ring is 1. The second kappa shape index (κ2) is 4.60. The SMILES string of the molecule is NNc1cncc(NCC2(O)CCOC2)n1. The number of nitrogens with two attached hydrogens (primary N) is 1. The van der Waals surface area contributed by atoms with Gasteiger partial charge in [-0.15, -0.1) is 0 Å². The van der Waals surface area contributed by atoms with E-state index in [1.807, 2.05) is 0 Å². The van der Waals surface area contributed by atoms with E-state index in [-0.39, 0.29) is 0 Å². The molecule has 2 rings (SSSR count). The van der Waals surface area contributed by atoms with Gasteiger partial charge in [0.05, 0.1) is 19.0 Å². The maximum absolute atomic E-state index is 10.0. The molecule has 0 aromatic carbocycles. The first kappa shape index (κ1) is 11.1. The minimum Gasteiger partial charge on any atom is -0.386 e. The molecule has 2 heterocycles. The van der Waals surface area contributed by atoms with Gasteiger partial charge in [-0.05, 0) is 0 Å². The van der Waals surface area contributed by atoms with Crippen molar-refractivity contribution in [2.75, 3.05) is 30.5 Å². The van der Waals surface area contributed by atoms with Crippen LogP contribution in [0.25, 0.3) is 0 Å². The number of aromatic nitrogens is 2. The zero-order valence-electron chi connectivity index (χ0n) is 8.81. The predicted octanol–water partition coefficient (Wildman–Crippen LogP) is -0.675. The lowest BCUT2D eigenvalue weighted by Crippen LogP contribution is -2.37. The first-order valence-corrected chi connectivity index (χ1v) is 5.04. The summed E-state index contributed by atoms with van der Waals surface area (Å²) in [4.78, 5) is 8.06. The summed E-state index contributed by atoms with van der Waals surface area (Å²) in [5.41, 5.74) is 1.59. The van der Waals surface area contributed by atoms with Crippen LogP contribution in [0.15, 0.2) is 12.4 Å². The lowest BCUT2D eigenvalue weighted by Gasteiger charge is -2.20. The molecule has 0 radical (unpaired) electrons. The Labute approximate surface area is 93.0 Å². The van der Waals surface area contributed by atoms with Crippen LogP contribution in [0.3, 0.4) is 0 Å². The first-order chi connectivity index (χ1) is 7.72. The first-order valence-electron chi connectivity index (χ1n) is 5.04. The fourth-order valence-electron chi connectivity index (χ4n) is 1.51. The number of nitrogens with one attached hydrogen (secondary N) is 2. The van der Waals surface area contributed by atoms with E-state index in [1.54, 1.807) is 6.20 Å². The number of hydrogen-bond acceptors (Lipinski definition) is 7. The second-order valence-electron chi connectivity index (χ2n) is 3.81. The highest BCUT2D eigenvalue weighted by molar-refractivity contribution is 5.40. The van der Waals surface area contributed by atoms with Gasteiger partial charge in [0.1, 0.15) is 11.4 Å². The summed E-state index contributed by atoms with van der Waals surface area (Å²) < 4.78 is 5.14. The number of hydrazine groups is 1. The van der Waals surface area contributed by atoms with Gasteiger partial charge in [-0.3, -0.25) is 4.98 Å². The van der Waals surface area contributed by atoms with Crippen LogP contribution in [0, 0.1) is 0 Å². The standard InChI is InChI=1S/C9H15N5O2/c10-14-8-4-11-3-7(13-8)12-5-9(15)1-2-16-6-9/h3-4,15H,1-2,5-6,10H2,(H2,12,13,14). The fraction of sp³-hybridized carbons (Fsp3) is 0.556. The lowest BCUT2D eigenvalue weighted by molar-refractivity contribution is 0.0381. The number of ether oxygens (including phenoxy) is 1. The molecule has 1 atom stereocenters. The Balaban J connectivity index is 1.93. The minimum atomic E-state index is -0.812. The Hall–Kier alpha value is -1.44. The molecule has 1 aromatic heterocycles. The van der Waals surface area contributed by atoms with Crippen molar-refractivity contribution in [2.24, 2.45) is 5.84 Å². The average Bonchev–Trinajstić information content (AvgIpc) is 2.75. The minimum absolute atomic E-state index is 0.349. The van der Waals surface area contributed by atoms with Crippen molar-refractivity contribution in [2.45, 2.75) is 12.0 Å². The van der Waals surface area contributed by atoms with E-state index in [2.05, 4.69) is 20.7 Å². The molecular weight excluding hydrogens is 210 g/mol. The number of aliphatic hydroxyl groups is 1. The Morgan fingerprint density at radius 3 is 3.00 bits per heavy atom. The Bertz CT molecular complexity index is 354. The van der Waals surface area contributed by atoms with Gasteiger partial charge in [-0.1, -0.05) is 0 Å². The highest BCUT2D eigenvalue weighted by Gasteiger charge is 2.31. The summed E-state index contributed by atoms with van der Waals surface area (Å²) in [5.74, 6) is 6.25. The number of rotatable bonds is 4. The van der Waals surface area contributed by atoms with E-state index in [9.17, 15) is 5.11 Å². The third kappa shape index (κ3) is 2.57. The van der Waals surface area contributed by atoms with Crippen LogP contribution in [0.2, 0.25) is 0 Å². The molecule has 16 heavy (non-hydrogen) atoms. The van der Waals surface area contributed by atoms with Gasteiger partial charge in [0.15, 0.2) is 5.82 Å². The second-order valence-corrected chi connectivity index (χ2v) is 3.81. The summed E-state index contributed by atoms with van der Waals surface area (Å²) >= 11 is 0. The lowest BCUT2D eigenvalue weighted by atomic mass is 10.0. The third-order valence-corrected chi connectivity index (χ3v) is 2.46. The van der Waals surface area contributed by atoms with Crippen molar-refractivity contribution in [3.05, 3.63) is 12.4 Å². The molecule has 0 amide bonds. The van der Waals surface area contributed by atoms with Crippen molar-refractivity contribution in [1.29, 1.82) is 0 Å². The van der Waals surface area contributed by atoms with Crippen LogP contribution in [0.1, 0.15) is 6.42 Å². The molecule has 5 N–H and O–H groups in total. The molecule has 1 saturated heterocycles. The molecule has 1 unspecified atom stereocenters. The van der Waals surface area contributed by atoms with Crippen LogP contribution in [-0.2, 0) is 4.74 Å². The zero-order chi connectivity index (χ0) is 11.4. The zero-order valence-corrected chi connectivity index (χ0v) is 8.81. The summed E-state index contributed by atoms with van der Waals surface area (Å²) in [6, 6.07) is 0. The molecule has 1 fully saturated rings. The van der Waals surface area contributed by atoms with Crippen LogP contribution >= 0.6 is 0 Å². The van der Waals surface area contributed by atoms with E-state index in [0.29, 0.717) is 37.8 Å². The quantitative estimate of drug-likeness (QED) is 0.397. The topological polar surface area (TPSA) is 105 Å². The maximum atomic E-state index is 10.0. The van der Waals surface area contributed by atoms with Gasteiger partial charge in [-0.25, -0.2) is 10.8 Å². The van der Waals surface area contributed by atoms with Gasteiger partial charge in [-0.2, -0.15) is 0 Å². The molecule has 0 saturated carbocycles. The van der Waals surface area contributed by atoms with Gasteiger partial charge in [0.2, 0.25) is 0 Å². The molecule has 1 aliphatic heterocycles. The molecule has 7 nitrogen and oxygen atoms in total. The van der Waals surface area contributed by atoms with E-state index < -0.39 is 5.60 Å². The van der Waals surface area contributed by atoms with Crippen molar-refractivity contribution in [1.82, 2.24) is 9.97 Å². The largest absolute Gasteiger partial charge is 0.386 e. The highest BCUT2D eigenvalue weighted by atomic mass is 16.5. The summed E-state index contributed by atoms with van der Waals surface area (Å²) in [6.45, 7) is 1.33. The van der Waals surface area contributed by atoms with Crippen LogP contribution < -0.4 is 16.6 Å². The normalized spacial score (nSPS) is 24.4. The van der Waals surface area contributed by atoms with E-state index in [1.165, 1.54) is 6.20 Å². The predicted molar refractivity (Wildman–Crippen MR) is 58.7 cm³/mol. The monoisotopic (exact) mass is 225 g/mol. The Morgan fingerprint density at radius 1 is 1.50 bits per heavy atom. The summed E-state index contributed by atoms with van der Waals surface area (Å²) in [7, 11) is 0. The van der Waals surface area contributed by atoms with Crippen molar-refractivity contribution >= 4 is 11.6 Å². The fourth-order valence-corrected chi connectivity index (χ4v) is 1.51. The molecular formula is C9H15N5O2. The van der Waals surface area contributed by atoms with Gasteiger partial charge >= 0.3 is 0 Å². The molecule has 1 aromatic rings. The van der Waals surface area contributed by atoms with Crippen molar-refractivity contribution in [3.8, 4) is 0 Å². The molecule has 0 aliphatic carbocycles. The summed E-state index contributed by atoms with van der Waals surface area (Å²) in [6.07, 6.45) is 3.71. The molecule has 88 valence electrons. The van der Waals surface area contributed by atoms with Gasteiger partial charge in [0, 0.05) is 19.6 Å². The smallest absolute Gasteiger partial charge is 0.160 e. The highest BCUT2D eigenvalue weighted by Crippen LogP contribution is 2.18. The molecule has 0 bridgehead atoms. The Morgan fingerprint density at radius 2 is 2.31 bits per heavy atom. The van der Waals surface area contributed by atoms with Crippen LogP contribution in [-0.4, -0.2) is 40.4 Å². The van der Waals surface area contributed by atoms with Crippen LogP contribution in [0.5, 0.6) is 0 Å². The number of anilines is 2. The van der Waals surface area contributed by atoms with Gasteiger partial charge < -0.3 is 20.6 Å². The van der Waals surface area contributed by atoms with E-state index >= 15 is 0 Å². The van der Waals surface area contributed by atoms with Crippen molar-refractivity contribution in [3.63, 3.8) is 0 Å². The van der Waals surface area contributed by atoms with E-state index in [0.717, 1.165) is 0 Å². The number of nitrogens with zero attached hydrogens (tertiary/aromatic N) is 2. The summed E-state index contributed by atoms with van der Waals surface area (Å²) in [5, 5.41) is 13.0. The maximum Gasteiger partial charge on any atom is 0.160 e. The van der Waals surface area contributed by atoms with Gasteiger partial charge in [0.25, 0.3) is 0 Å². The van der Waals surface area contributed by atoms with Crippen molar-refractivity contribution < 1.29 is 9.84 Å². The average molecular weight is 225 g/mol. The third-order valence-electron chi connectivity index (χ3n) is 2.46. The Kier molecular flexibility index (Phi) is 3.18. The molecule has 7 heteroatoms. The molecule has 1 aliphatic rings. The van der Waals surface area contributed by atoms with E-state index in [4.69, 9.17) is 10.6 Å². The number of hydrogen-bond donors (Lipinski definition) is 4. The molecule has 0 spiro atoms. The van der Waals surface area contributed by atoms with Crippen LogP contribution in [0.4, 0.5) is 11.6 Å².